The average Bonchev–Trinajstić information content (AvgIpc) is 2.82. The summed E-state index contributed by atoms with van der Waals surface area (Å²) in [5.41, 5.74) is 6.78. The number of nitrogens with zero attached hydrogens (tertiary/aromatic N) is 3. The normalized spacial score (nSPS) is 11.9. The van der Waals surface area contributed by atoms with Crippen molar-refractivity contribution in [2.24, 2.45) is 11.1 Å². The number of rotatable bonds is 6. The van der Waals surface area contributed by atoms with E-state index in [4.69, 9.17) is 5.73 Å². The number of hydrogen-bond donors (Lipinski definition) is 2. The van der Waals surface area contributed by atoms with Crippen molar-refractivity contribution < 1.29 is 0 Å². The van der Waals surface area contributed by atoms with Gasteiger partial charge in [0.25, 0.3) is 0 Å². The highest BCUT2D eigenvalue weighted by Gasteiger charge is 2.17. The molecule has 2 rings (SSSR count). The van der Waals surface area contributed by atoms with Crippen molar-refractivity contribution in [3.8, 4) is 0 Å². The van der Waals surface area contributed by atoms with Gasteiger partial charge in [0.2, 0.25) is 0 Å². The molecule has 2 aromatic rings. The fraction of sp³-hybridized carbons (Fsp3) is 0.538. The van der Waals surface area contributed by atoms with E-state index < -0.39 is 0 Å². The maximum atomic E-state index is 5.56. The van der Waals surface area contributed by atoms with E-state index in [1.807, 2.05) is 16.8 Å². The number of fused-ring (bicyclic) bond motifs is 1. The first-order chi connectivity index (χ1) is 8.62. The van der Waals surface area contributed by atoms with Gasteiger partial charge in [-0.2, -0.15) is 5.10 Å². The average molecular weight is 247 g/mol. The Morgan fingerprint density at radius 3 is 3.00 bits per heavy atom. The Kier molecular flexibility index (Phi) is 3.81. The summed E-state index contributed by atoms with van der Waals surface area (Å²) < 4.78 is 1.82. The van der Waals surface area contributed by atoms with E-state index in [0.717, 1.165) is 37.3 Å². The quantitative estimate of drug-likeness (QED) is 0.818. The van der Waals surface area contributed by atoms with Crippen molar-refractivity contribution >= 4 is 11.3 Å². The first-order valence-corrected chi connectivity index (χ1v) is 6.35. The molecule has 0 bridgehead atoms. The van der Waals surface area contributed by atoms with Gasteiger partial charge >= 0.3 is 0 Å². The molecule has 0 saturated carbocycles. The van der Waals surface area contributed by atoms with E-state index in [1.54, 1.807) is 12.4 Å². The Hall–Kier alpha value is -1.62. The molecule has 98 valence electrons. The minimum absolute atomic E-state index is 0.216. The lowest BCUT2D eigenvalue weighted by Crippen LogP contribution is -2.24. The Morgan fingerprint density at radius 1 is 1.39 bits per heavy atom. The predicted octanol–water partition coefficient (Wildman–Crippen LogP) is 1.91. The van der Waals surface area contributed by atoms with Gasteiger partial charge in [0.15, 0.2) is 5.82 Å². The topological polar surface area (TPSA) is 68.2 Å². The van der Waals surface area contributed by atoms with E-state index in [1.165, 1.54) is 0 Å². The van der Waals surface area contributed by atoms with Gasteiger partial charge in [-0.3, -0.25) is 0 Å². The van der Waals surface area contributed by atoms with Crippen LogP contribution in [0.1, 0.15) is 26.7 Å². The third-order valence-corrected chi connectivity index (χ3v) is 3.12. The van der Waals surface area contributed by atoms with Gasteiger partial charge < -0.3 is 11.1 Å². The monoisotopic (exact) mass is 247 g/mol. The van der Waals surface area contributed by atoms with Gasteiger partial charge in [0.05, 0.1) is 6.20 Å². The Morgan fingerprint density at radius 2 is 2.22 bits per heavy atom. The van der Waals surface area contributed by atoms with E-state index in [0.29, 0.717) is 0 Å². The molecule has 0 amide bonds. The molecule has 2 aromatic heterocycles. The van der Waals surface area contributed by atoms with Crippen LogP contribution in [0.15, 0.2) is 24.7 Å². The lowest BCUT2D eigenvalue weighted by atomic mass is 9.88. The molecule has 0 unspecified atom stereocenters. The summed E-state index contributed by atoms with van der Waals surface area (Å²) in [6, 6.07) is 1.96. The molecular formula is C13H21N5. The first-order valence-electron chi connectivity index (χ1n) is 6.35. The van der Waals surface area contributed by atoms with Gasteiger partial charge in [-0.05, 0) is 30.9 Å². The zero-order chi connectivity index (χ0) is 13.0. The largest absolute Gasteiger partial charge is 0.368 e. The lowest BCUT2D eigenvalue weighted by molar-refractivity contribution is 0.350. The molecule has 0 atom stereocenters. The van der Waals surface area contributed by atoms with Crippen LogP contribution in [0.25, 0.3) is 5.52 Å². The summed E-state index contributed by atoms with van der Waals surface area (Å²) in [5, 5.41) is 7.60. The maximum Gasteiger partial charge on any atom is 0.152 e. The van der Waals surface area contributed by atoms with Crippen LogP contribution in [0.4, 0.5) is 5.82 Å². The molecule has 0 fully saturated rings. The number of nitrogens with one attached hydrogen (secondary N) is 1. The zero-order valence-corrected chi connectivity index (χ0v) is 11.1. The maximum absolute atomic E-state index is 5.56. The molecule has 0 aliphatic carbocycles. The van der Waals surface area contributed by atoms with Crippen LogP contribution in [0, 0.1) is 5.41 Å². The van der Waals surface area contributed by atoms with Crippen LogP contribution in [0.5, 0.6) is 0 Å². The molecule has 0 aliphatic rings. The standard InChI is InChI=1S/C13H21N5/c1-13(2,5-3-6-14)10-16-12-11-4-7-17-18(11)9-8-15-12/h4,7-9H,3,5-6,10,14H2,1-2H3,(H,15,16). The van der Waals surface area contributed by atoms with Gasteiger partial charge in [0.1, 0.15) is 5.52 Å². The van der Waals surface area contributed by atoms with E-state index in [2.05, 4.69) is 29.2 Å². The third kappa shape index (κ3) is 2.98. The minimum atomic E-state index is 0.216. The van der Waals surface area contributed by atoms with Crippen LogP contribution in [0.3, 0.4) is 0 Å². The van der Waals surface area contributed by atoms with Crippen LogP contribution in [0.2, 0.25) is 0 Å². The molecule has 5 heteroatoms. The molecular weight excluding hydrogens is 226 g/mol. The molecule has 5 nitrogen and oxygen atoms in total. The second-order valence-corrected chi connectivity index (χ2v) is 5.35. The number of nitrogens with two attached hydrogens (primary N) is 1. The van der Waals surface area contributed by atoms with Crippen molar-refractivity contribution in [1.82, 2.24) is 14.6 Å². The van der Waals surface area contributed by atoms with Crippen molar-refractivity contribution in [2.45, 2.75) is 26.7 Å². The smallest absolute Gasteiger partial charge is 0.152 e. The summed E-state index contributed by atoms with van der Waals surface area (Å²) in [7, 11) is 0. The van der Waals surface area contributed by atoms with Crippen molar-refractivity contribution in [2.75, 3.05) is 18.4 Å². The van der Waals surface area contributed by atoms with E-state index in [9.17, 15) is 0 Å². The van der Waals surface area contributed by atoms with Crippen LogP contribution in [-0.2, 0) is 0 Å². The summed E-state index contributed by atoms with van der Waals surface area (Å²) in [6.07, 6.45) is 7.55. The molecule has 0 spiro atoms. The SMILES string of the molecule is CC(C)(CCCN)CNc1nccn2nccc12. The summed E-state index contributed by atoms with van der Waals surface area (Å²) in [5.74, 6) is 0.885. The van der Waals surface area contributed by atoms with E-state index in [-0.39, 0.29) is 5.41 Å². The molecule has 0 aliphatic heterocycles. The summed E-state index contributed by atoms with van der Waals surface area (Å²) >= 11 is 0. The molecule has 18 heavy (non-hydrogen) atoms. The fourth-order valence-corrected chi connectivity index (χ4v) is 1.99. The molecule has 0 radical (unpaired) electrons. The van der Waals surface area contributed by atoms with Crippen LogP contribution >= 0.6 is 0 Å². The highest BCUT2D eigenvalue weighted by molar-refractivity contribution is 5.66. The Balaban J connectivity index is 2.03. The number of anilines is 1. The summed E-state index contributed by atoms with van der Waals surface area (Å²) in [4.78, 5) is 4.37. The van der Waals surface area contributed by atoms with Crippen LogP contribution in [-0.4, -0.2) is 27.7 Å². The van der Waals surface area contributed by atoms with Crippen molar-refractivity contribution in [1.29, 1.82) is 0 Å². The van der Waals surface area contributed by atoms with Gasteiger partial charge in [0, 0.05) is 18.9 Å². The number of hydrogen-bond acceptors (Lipinski definition) is 4. The van der Waals surface area contributed by atoms with E-state index >= 15 is 0 Å². The highest BCUT2D eigenvalue weighted by atomic mass is 15.2. The van der Waals surface area contributed by atoms with Gasteiger partial charge in [-0.15, -0.1) is 0 Å². The third-order valence-electron chi connectivity index (χ3n) is 3.12. The second-order valence-electron chi connectivity index (χ2n) is 5.35. The molecule has 0 saturated heterocycles. The van der Waals surface area contributed by atoms with Gasteiger partial charge in [-0.25, -0.2) is 9.50 Å². The van der Waals surface area contributed by atoms with Crippen molar-refractivity contribution in [3.05, 3.63) is 24.7 Å². The predicted molar refractivity (Wildman–Crippen MR) is 73.5 cm³/mol. The highest BCUT2D eigenvalue weighted by Crippen LogP contribution is 2.23. The van der Waals surface area contributed by atoms with Crippen molar-refractivity contribution in [3.63, 3.8) is 0 Å². The second kappa shape index (κ2) is 5.35. The Labute approximate surface area is 107 Å². The summed E-state index contributed by atoms with van der Waals surface area (Å²) in [6.45, 7) is 6.11. The molecule has 2 heterocycles. The fourth-order valence-electron chi connectivity index (χ4n) is 1.99. The minimum Gasteiger partial charge on any atom is -0.368 e. The first kappa shape index (κ1) is 12.8. The lowest BCUT2D eigenvalue weighted by Gasteiger charge is -2.25. The molecule has 0 aromatic carbocycles. The Bertz CT molecular complexity index is 503. The zero-order valence-electron chi connectivity index (χ0n) is 11.1. The van der Waals surface area contributed by atoms with Crippen LogP contribution < -0.4 is 11.1 Å². The van der Waals surface area contributed by atoms with Gasteiger partial charge in [-0.1, -0.05) is 13.8 Å². The molecule has 3 N–H and O–H groups in total. The number of aromatic nitrogens is 3.